The highest BCUT2D eigenvalue weighted by molar-refractivity contribution is 6.17. The minimum absolute atomic E-state index is 0.593. The molecule has 1 aliphatic carbocycles. The Morgan fingerprint density at radius 1 is 1.33 bits per heavy atom. The fraction of sp³-hybridized carbons (Fsp3) is 0.400. The molecule has 0 amide bonds. The molecule has 0 aromatic heterocycles. The second-order valence-corrected chi connectivity index (χ2v) is 3.48. The van der Waals surface area contributed by atoms with Crippen LogP contribution in [0.3, 0.4) is 0 Å². The lowest BCUT2D eigenvalue weighted by molar-refractivity contribution is 1.14. The van der Waals surface area contributed by atoms with E-state index in [0.717, 1.165) is 0 Å². The molecule has 1 aromatic rings. The summed E-state index contributed by atoms with van der Waals surface area (Å²) in [6.45, 7) is 0. The number of nitrogens with one attached hydrogen (secondary N) is 1. The van der Waals surface area contributed by atoms with Gasteiger partial charge in [0.2, 0.25) is 0 Å². The molecule has 1 fully saturated rings. The summed E-state index contributed by atoms with van der Waals surface area (Å²) in [5, 5.41) is 3.45. The van der Waals surface area contributed by atoms with Crippen molar-refractivity contribution in [3.05, 3.63) is 29.8 Å². The topological polar surface area (TPSA) is 12.0 Å². The van der Waals surface area contributed by atoms with E-state index in [1.54, 1.807) is 0 Å². The maximum Gasteiger partial charge on any atom is 0.0494 e. The van der Waals surface area contributed by atoms with Crippen molar-refractivity contribution in [2.45, 2.75) is 24.8 Å². The van der Waals surface area contributed by atoms with E-state index in [4.69, 9.17) is 11.6 Å². The van der Waals surface area contributed by atoms with Crippen LogP contribution in [0.25, 0.3) is 0 Å². The van der Waals surface area contributed by atoms with Crippen LogP contribution in [0.15, 0.2) is 24.3 Å². The largest absolute Gasteiger partial charge is 0.382 e. The Labute approximate surface area is 77.7 Å². The third-order valence-electron chi connectivity index (χ3n) is 2.10. The van der Waals surface area contributed by atoms with E-state index in [1.807, 2.05) is 12.1 Å². The standard InChI is InChI=1S/C10H12ClN/c11-7-8-3-1-2-4-10(8)12-9-5-6-9/h1-4,9,12H,5-7H2. The Kier molecular flexibility index (Phi) is 2.22. The van der Waals surface area contributed by atoms with Crippen LogP contribution in [0.5, 0.6) is 0 Å². The van der Waals surface area contributed by atoms with Crippen molar-refractivity contribution in [1.29, 1.82) is 0 Å². The normalized spacial score (nSPS) is 16.1. The van der Waals surface area contributed by atoms with Gasteiger partial charge in [-0.1, -0.05) is 18.2 Å². The SMILES string of the molecule is ClCc1ccccc1NC1CC1. The molecule has 64 valence electrons. The van der Waals surface area contributed by atoms with Gasteiger partial charge in [0, 0.05) is 17.6 Å². The molecule has 2 rings (SSSR count). The van der Waals surface area contributed by atoms with Gasteiger partial charge >= 0.3 is 0 Å². The Morgan fingerprint density at radius 2 is 2.08 bits per heavy atom. The lowest BCUT2D eigenvalue weighted by Crippen LogP contribution is -2.02. The van der Waals surface area contributed by atoms with Crippen LogP contribution in [-0.2, 0) is 5.88 Å². The molecule has 0 aliphatic heterocycles. The van der Waals surface area contributed by atoms with E-state index in [0.29, 0.717) is 11.9 Å². The summed E-state index contributed by atoms with van der Waals surface area (Å²) in [4.78, 5) is 0. The fourth-order valence-electron chi connectivity index (χ4n) is 1.23. The zero-order valence-corrected chi connectivity index (χ0v) is 7.64. The molecule has 1 N–H and O–H groups in total. The van der Waals surface area contributed by atoms with Gasteiger partial charge in [-0.05, 0) is 24.5 Å². The quantitative estimate of drug-likeness (QED) is 0.707. The molecule has 2 heteroatoms. The van der Waals surface area contributed by atoms with Crippen LogP contribution >= 0.6 is 11.6 Å². The van der Waals surface area contributed by atoms with Gasteiger partial charge in [-0.15, -0.1) is 11.6 Å². The summed E-state index contributed by atoms with van der Waals surface area (Å²) < 4.78 is 0. The monoisotopic (exact) mass is 181 g/mol. The van der Waals surface area contributed by atoms with E-state index in [1.165, 1.54) is 24.1 Å². The number of benzene rings is 1. The second kappa shape index (κ2) is 3.36. The first-order valence-electron chi connectivity index (χ1n) is 4.30. The molecule has 0 bridgehead atoms. The number of para-hydroxylation sites is 1. The molecule has 0 spiro atoms. The Morgan fingerprint density at radius 3 is 2.75 bits per heavy atom. The van der Waals surface area contributed by atoms with Gasteiger partial charge in [0.1, 0.15) is 0 Å². The van der Waals surface area contributed by atoms with Gasteiger partial charge in [-0.25, -0.2) is 0 Å². The van der Waals surface area contributed by atoms with Gasteiger partial charge in [-0.3, -0.25) is 0 Å². The first kappa shape index (κ1) is 7.93. The van der Waals surface area contributed by atoms with Gasteiger partial charge in [-0.2, -0.15) is 0 Å². The average molecular weight is 182 g/mol. The fourth-order valence-corrected chi connectivity index (χ4v) is 1.46. The zero-order chi connectivity index (χ0) is 8.39. The van der Waals surface area contributed by atoms with Crippen molar-refractivity contribution in [3.63, 3.8) is 0 Å². The van der Waals surface area contributed by atoms with Crippen LogP contribution in [0.2, 0.25) is 0 Å². The molecular formula is C10H12ClN. The van der Waals surface area contributed by atoms with Crippen molar-refractivity contribution >= 4 is 17.3 Å². The molecule has 1 saturated carbocycles. The first-order chi connectivity index (χ1) is 5.90. The van der Waals surface area contributed by atoms with Crippen molar-refractivity contribution in [2.24, 2.45) is 0 Å². The van der Waals surface area contributed by atoms with Crippen LogP contribution in [0, 0.1) is 0 Å². The van der Waals surface area contributed by atoms with Gasteiger partial charge in [0.05, 0.1) is 0 Å². The highest BCUT2D eigenvalue weighted by Crippen LogP contribution is 2.27. The number of alkyl halides is 1. The minimum Gasteiger partial charge on any atom is -0.382 e. The summed E-state index contributed by atoms with van der Waals surface area (Å²) in [5.74, 6) is 0.593. The number of hydrogen-bond acceptors (Lipinski definition) is 1. The van der Waals surface area contributed by atoms with Crippen LogP contribution in [0.1, 0.15) is 18.4 Å². The number of hydrogen-bond donors (Lipinski definition) is 1. The summed E-state index contributed by atoms with van der Waals surface area (Å²) in [6.07, 6.45) is 2.60. The summed E-state index contributed by atoms with van der Waals surface area (Å²) in [6, 6.07) is 8.93. The maximum atomic E-state index is 5.80. The molecule has 0 saturated heterocycles. The first-order valence-corrected chi connectivity index (χ1v) is 4.84. The lowest BCUT2D eigenvalue weighted by atomic mass is 10.2. The van der Waals surface area contributed by atoms with E-state index in [-0.39, 0.29) is 0 Å². The molecule has 12 heavy (non-hydrogen) atoms. The molecule has 0 atom stereocenters. The zero-order valence-electron chi connectivity index (χ0n) is 6.89. The average Bonchev–Trinajstić information content (AvgIpc) is 2.89. The number of anilines is 1. The van der Waals surface area contributed by atoms with Gasteiger partial charge in [0.25, 0.3) is 0 Å². The smallest absolute Gasteiger partial charge is 0.0494 e. The number of halogens is 1. The molecule has 1 aliphatic rings. The van der Waals surface area contributed by atoms with Gasteiger partial charge in [0.15, 0.2) is 0 Å². The Hall–Kier alpha value is -0.690. The third-order valence-corrected chi connectivity index (χ3v) is 2.39. The minimum atomic E-state index is 0.593. The predicted molar refractivity (Wildman–Crippen MR) is 52.6 cm³/mol. The van der Waals surface area contributed by atoms with Crippen LogP contribution in [-0.4, -0.2) is 6.04 Å². The highest BCUT2D eigenvalue weighted by atomic mass is 35.5. The van der Waals surface area contributed by atoms with Gasteiger partial charge < -0.3 is 5.32 Å². The van der Waals surface area contributed by atoms with Crippen molar-refractivity contribution in [1.82, 2.24) is 0 Å². The van der Waals surface area contributed by atoms with E-state index in [2.05, 4.69) is 17.4 Å². The predicted octanol–water partition coefficient (Wildman–Crippen LogP) is 3.00. The maximum absolute atomic E-state index is 5.80. The molecule has 0 unspecified atom stereocenters. The van der Waals surface area contributed by atoms with Crippen molar-refractivity contribution in [2.75, 3.05) is 5.32 Å². The lowest BCUT2D eigenvalue weighted by Gasteiger charge is -2.08. The Balaban J connectivity index is 2.15. The molecule has 0 radical (unpaired) electrons. The summed E-state index contributed by atoms with van der Waals surface area (Å²) in [7, 11) is 0. The summed E-state index contributed by atoms with van der Waals surface area (Å²) >= 11 is 5.80. The molecule has 1 nitrogen and oxygen atoms in total. The third kappa shape index (κ3) is 1.72. The second-order valence-electron chi connectivity index (χ2n) is 3.21. The number of rotatable bonds is 3. The molecular weight excluding hydrogens is 170 g/mol. The van der Waals surface area contributed by atoms with E-state index >= 15 is 0 Å². The molecule has 0 heterocycles. The Bertz CT molecular complexity index is 268. The van der Waals surface area contributed by atoms with Crippen LogP contribution in [0.4, 0.5) is 5.69 Å². The van der Waals surface area contributed by atoms with Crippen molar-refractivity contribution < 1.29 is 0 Å². The summed E-state index contributed by atoms with van der Waals surface area (Å²) in [5.41, 5.74) is 2.40. The van der Waals surface area contributed by atoms with Crippen LogP contribution < -0.4 is 5.32 Å². The molecule has 1 aromatic carbocycles. The van der Waals surface area contributed by atoms with Crippen molar-refractivity contribution in [3.8, 4) is 0 Å². The van der Waals surface area contributed by atoms with E-state index < -0.39 is 0 Å². The van der Waals surface area contributed by atoms with E-state index in [9.17, 15) is 0 Å². The highest BCUT2D eigenvalue weighted by Gasteiger charge is 2.21.